The number of nitrogen functional groups attached to an aromatic ring is 1. The van der Waals surface area contributed by atoms with Crippen LogP contribution in [0.4, 0.5) is 15.9 Å². The molecule has 3 aromatic carbocycles. The van der Waals surface area contributed by atoms with Crippen molar-refractivity contribution in [1.29, 1.82) is 0 Å². The molecule has 10 nitrogen and oxygen atoms in total. The average molecular weight is 648 g/mol. The van der Waals surface area contributed by atoms with Gasteiger partial charge in [0.1, 0.15) is 11.9 Å². The van der Waals surface area contributed by atoms with Gasteiger partial charge in [0.15, 0.2) is 21.4 Å². The number of likely N-dealkylation sites (tertiary alicyclic amines) is 1. The third-order valence-corrected chi connectivity index (χ3v) is 10.1. The minimum absolute atomic E-state index is 0.00465. The van der Waals surface area contributed by atoms with Gasteiger partial charge in [-0.2, -0.15) is 0 Å². The summed E-state index contributed by atoms with van der Waals surface area (Å²) in [4.78, 5) is 35.6. The Morgan fingerprint density at radius 1 is 1.11 bits per heavy atom. The zero-order chi connectivity index (χ0) is 33.2. The van der Waals surface area contributed by atoms with Gasteiger partial charge in [-0.1, -0.05) is 31.2 Å². The van der Waals surface area contributed by atoms with Gasteiger partial charge < -0.3 is 25.6 Å². The summed E-state index contributed by atoms with van der Waals surface area (Å²) < 4.78 is 46.7. The number of hydrogen-bond acceptors (Lipinski definition) is 8. The summed E-state index contributed by atoms with van der Waals surface area (Å²) in [6, 6.07) is 16.1. The van der Waals surface area contributed by atoms with Crippen molar-refractivity contribution in [3.05, 3.63) is 89.9 Å². The lowest BCUT2D eigenvalue weighted by Gasteiger charge is -2.33. The molecule has 12 heteroatoms. The van der Waals surface area contributed by atoms with E-state index in [0.29, 0.717) is 29.1 Å². The fraction of sp³-hybridized carbons (Fsp3) is 0.324. The Labute approximate surface area is 268 Å². The second-order valence-electron chi connectivity index (χ2n) is 11.4. The Morgan fingerprint density at radius 2 is 1.87 bits per heavy atom. The average Bonchev–Trinajstić information content (AvgIpc) is 3.49. The first-order chi connectivity index (χ1) is 22.0. The number of amides is 2. The Kier molecular flexibility index (Phi) is 9.47. The van der Waals surface area contributed by atoms with Gasteiger partial charge in [0.2, 0.25) is 11.8 Å². The monoisotopic (exact) mass is 647 g/mol. The van der Waals surface area contributed by atoms with Crippen LogP contribution in [0.1, 0.15) is 43.5 Å². The predicted molar refractivity (Wildman–Crippen MR) is 176 cm³/mol. The van der Waals surface area contributed by atoms with E-state index < -0.39 is 39.6 Å². The second-order valence-corrected chi connectivity index (χ2v) is 13.6. The molecular weight excluding hydrogens is 609 g/mol. The Morgan fingerprint density at radius 3 is 2.59 bits per heavy atom. The van der Waals surface area contributed by atoms with E-state index >= 15 is 0 Å². The van der Waals surface area contributed by atoms with E-state index in [1.54, 1.807) is 75.4 Å². The summed E-state index contributed by atoms with van der Waals surface area (Å²) in [7, 11) is -0.424. The minimum atomic E-state index is -3.70. The van der Waals surface area contributed by atoms with Crippen LogP contribution >= 0.6 is 0 Å². The normalized spacial score (nSPS) is 17.1. The molecule has 1 aliphatic heterocycles. The molecule has 1 saturated heterocycles. The second kappa shape index (κ2) is 13.3. The number of carbonyl (C=O) groups is 2. The topological polar surface area (TPSA) is 135 Å². The Balaban J connectivity index is 1.64. The molecule has 1 fully saturated rings. The molecule has 0 saturated carbocycles. The maximum Gasteiger partial charge on any atom is 0.250 e. The number of fused-ring (bicyclic) bond motifs is 1. The van der Waals surface area contributed by atoms with Gasteiger partial charge >= 0.3 is 0 Å². The summed E-state index contributed by atoms with van der Waals surface area (Å²) in [6.45, 7) is 3.72. The molecule has 3 unspecified atom stereocenters. The number of nitrogens with two attached hydrogens (primary N) is 1. The van der Waals surface area contributed by atoms with E-state index in [2.05, 4.69) is 10.3 Å². The van der Waals surface area contributed by atoms with Gasteiger partial charge in [0, 0.05) is 37.9 Å². The highest BCUT2D eigenvalue weighted by molar-refractivity contribution is 7.91. The van der Waals surface area contributed by atoms with E-state index in [9.17, 15) is 22.4 Å². The maximum absolute atomic E-state index is 14.8. The molecule has 0 aliphatic carbocycles. The molecule has 5 rings (SSSR count). The number of benzene rings is 3. The standard InChI is InChI=1S/C34H38FN5O5S/c1-5-45-28-20-22(11-14-27(28)35)30(38-23-12-13-24-21(19-23)15-17-37-32(24)36)34(42)40-18-16-26(33(41)39(3)4)31(40)25-9-7-8-10-29(25)46(43,44)6-2/h7-15,17,19-20,26,30-31,38H,5-6,16,18H2,1-4H3,(H2,36,37). The van der Waals surface area contributed by atoms with Crippen molar-refractivity contribution in [3.8, 4) is 5.75 Å². The van der Waals surface area contributed by atoms with Gasteiger partial charge in [-0.3, -0.25) is 9.59 Å². The number of nitrogens with one attached hydrogen (secondary N) is 1. The zero-order valence-electron chi connectivity index (χ0n) is 26.2. The zero-order valence-corrected chi connectivity index (χ0v) is 27.1. The number of anilines is 2. The molecule has 4 aromatic rings. The van der Waals surface area contributed by atoms with Gasteiger partial charge in [-0.05, 0) is 72.3 Å². The molecule has 0 bridgehead atoms. The number of carbonyl (C=O) groups excluding carboxylic acids is 2. The first-order valence-corrected chi connectivity index (χ1v) is 16.8. The first kappa shape index (κ1) is 32.7. The van der Waals surface area contributed by atoms with E-state index in [0.717, 1.165) is 10.8 Å². The SMILES string of the molecule is CCOc1cc(C(Nc2ccc3c(N)nccc3c2)C(=O)N2CCC(C(=O)N(C)C)C2c2ccccc2S(=O)(=O)CC)ccc1F. The fourth-order valence-corrected chi connectivity index (χ4v) is 7.20. The lowest BCUT2D eigenvalue weighted by atomic mass is 9.92. The molecular formula is C34H38FN5O5S. The molecule has 3 atom stereocenters. The molecule has 2 heterocycles. The summed E-state index contributed by atoms with van der Waals surface area (Å²) in [6.07, 6.45) is 1.92. The summed E-state index contributed by atoms with van der Waals surface area (Å²) in [5, 5.41) is 4.87. The Hall–Kier alpha value is -4.71. The molecule has 3 N–H and O–H groups in total. The lowest BCUT2D eigenvalue weighted by molar-refractivity contribution is -0.137. The van der Waals surface area contributed by atoms with E-state index in [1.807, 2.05) is 6.07 Å². The number of pyridine rings is 1. The maximum atomic E-state index is 14.8. The number of aromatic nitrogens is 1. The van der Waals surface area contributed by atoms with Crippen molar-refractivity contribution >= 4 is 43.9 Å². The van der Waals surface area contributed by atoms with Crippen molar-refractivity contribution in [2.75, 3.05) is 44.1 Å². The van der Waals surface area contributed by atoms with Gasteiger partial charge in [0.05, 0.1) is 29.2 Å². The molecule has 242 valence electrons. The summed E-state index contributed by atoms with van der Waals surface area (Å²) >= 11 is 0. The highest BCUT2D eigenvalue weighted by Crippen LogP contribution is 2.43. The van der Waals surface area contributed by atoms with E-state index in [-0.39, 0.29) is 35.5 Å². The van der Waals surface area contributed by atoms with Crippen LogP contribution in [0, 0.1) is 11.7 Å². The van der Waals surface area contributed by atoms with Crippen molar-refractivity contribution < 1.29 is 27.1 Å². The number of sulfone groups is 1. The quantitative estimate of drug-likeness (QED) is 0.246. The fourth-order valence-electron chi connectivity index (χ4n) is 6.05. The molecule has 1 aliphatic rings. The third-order valence-electron chi connectivity index (χ3n) is 8.33. The van der Waals surface area contributed by atoms with Crippen molar-refractivity contribution in [3.63, 3.8) is 0 Å². The first-order valence-electron chi connectivity index (χ1n) is 15.1. The van der Waals surface area contributed by atoms with Crippen LogP contribution in [0.2, 0.25) is 0 Å². The lowest BCUT2D eigenvalue weighted by Crippen LogP contribution is -2.41. The third kappa shape index (κ3) is 6.34. The smallest absolute Gasteiger partial charge is 0.250 e. The number of halogens is 1. The molecule has 1 aromatic heterocycles. The van der Waals surface area contributed by atoms with Crippen LogP contribution in [0.15, 0.2) is 77.8 Å². The minimum Gasteiger partial charge on any atom is -0.491 e. The van der Waals surface area contributed by atoms with E-state index in [4.69, 9.17) is 10.5 Å². The molecule has 46 heavy (non-hydrogen) atoms. The van der Waals surface area contributed by atoms with Gasteiger partial charge in [-0.15, -0.1) is 0 Å². The predicted octanol–water partition coefficient (Wildman–Crippen LogP) is 4.98. The number of nitrogens with zero attached hydrogens (tertiary/aromatic N) is 3. The molecule has 0 spiro atoms. The summed E-state index contributed by atoms with van der Waals surface area (Å²) in [5.74, 6) is -1.65. The van der Waals surface area contributed by atoms with Crippen LogP contribution in [0.3, 0.4) is 0 Å². The van der Waals surface area contributed by atoms with Crippen molar-refractivity contribution in [1.82, 2.24) is 14.8 Å². The van der Waals surface area contributed by atoms with Gasteiger partial charge in [0.25, 0.3) is 0 Å². The molecule has 2 amide bonds. The van der Waals surface area contributed by atoms with Crippen LogP contribution in [0.25, 0.3) is 10.8 Å². The summed E-state index contributed by atoms with van der Waals surface area (Å²) in [5.41, 5.74) is 7.46. The Bertz CT molecular complexity index is 1880. The highest BCUT2D eigenvalue weighted by atomic mass is 32.2. The highest BCUT2D eigenvalue weighted by Gasteiger charge is 2.46. The number of rotatable bonds is 10. The van der Waals surface area contributed by atoms with Gasteiger partial charge in [-0.25, -0.2) is 17.8 Å². The number of ether oxygens (including phenoxy) is 1. The van der Waals surface area contributed by atoms with Crippen LogP contribution in [-0.2, 0) is 19.4 Å². The largest absolute Gasteiger partial charge is 0.491 e. The molecule has 0 radical (unpaired) electrons. The van der Waals surface area contributed by atoms with Crippen molar-refractivity contribution in [2.45, 2.75) is 37.2 Å². The van der Waals surface area contributed by atoms with Crippen molar-refractivity contribution in [2.24, 2.45) is 5.92 Å². The number of hydrogen-bond donors (Lipinski definition) is 2. The van der Waals surface area contributed by atoms with E-state index in [1.165, 1.54) is 29.2 Å². The van der Waals surface area contributed by atoms with Crippen LogP contribution in [-0.4, -0.2) is 68.0 Å². The van der Waals surface area contributed by atoms with Crippen LogP contribution < -0.4 is 15.8 Å². The van der Waals surface area contributed by atoms with Crippen LogP contribution in [0.5, 0.6) is 5.75 Å².